The van der Waals surface area contributed by atoms with E-state index < -0.39 is 0 Å². The van der Waals surface area contributed by atoms with E-state index in [2.05, 4.69) is 21.2 Å². The van der Waals surface area contributed by atoms with Crippen molar-refractivity contribution in [3.05, 3.63) is 32.1 Å². The maximum Gasteiger partial charge on any atom is 0.138 e. The second kappa shape index (κ2) is 7.81. The SMILES string of the molecule is COCCCOc1cc([C@@H]2CCC(C)(C)N2N=O)c(Br)cc1Cl. The van der Waals surface area contributed by atoms with Crippen molar-refractivity contribution >= 4 is 27.5 Å². The zero-order chi connectivity index (χ0) is 17.0. The first-order valence-electron chi connectivity index (χ1n) is 7.64. The van der Waals surface area contributed by atoms with Gasteiger partial charge in [-0.15, -0.1) is 4.91 Å². The number of nitroso groups, excluding NO2 is 1. The molecule has 0 N–H and O–H groups in total. The average Bonchev–Trinajstić information content (AvgIpc) is 2.80. The van der Waals surface area contributed by atoms with E-state index in [1.807, 2.05) is 26.0 Å². The van der Waals surface area contributed by atoms with Gasteiger partial charge in [-0.2, -0.15) is 0 Å². The number of hydrogen-bond acceptors (Lipinski definition) is 4. The van der Waals surface area contributed by atoms with Gasteiger partial charge in [0.15, 0.2) is 0 Å². The summed E-state index contributed by atoms with van der Waals surface area (Å²) in [5.41, 5.74) is 0.728. The van der Waals surface area contributed by atoms with Gasteiger partial charge in [-0.1, -0.05) is 27.5 Å². The minimum absolute atomic E-state index is 0.0736. The van der Waals surface area contributed by atoms with E-state index in [0.29, 0.717) is 24.0 Å². The molecule has 0 saturated carbocycles. The Morgan fingerprint density at radius 3 is 2.83 bits per heavy atom. The lowest BCUT2D eigenvalue weighted by atomic mass is 10.0. The molecular weight excluding hydrogens is 384 g/mol. The van der Waals surface area contributed by atoms with Crippen LogP contribution in [-0.4, -0.2) is 30.9 Å². The van der Waals surface area contributed by atoms with Gasteiger partial charge in [-0.25, -0.2) is 5.01 Å². The number of rotatable bonds is 7. The fourth-order valence-corrected chi connectivity index (χ4v) is 3.86. The van der Waals surface area contributed by atoms with Crippen LogP contribution in [0.2, 0.25) is 5.02 Å². The van der Waals surface area contributed by atoms with E-state index in [9.17, 15) is 4.91 Å². The van der Waals surface area contributed by atoms with Gasteiger partial charge in [0.2, 0.25) is 0 Å². The maximum absolute atomic E-state index is 11.3. The zero-order valence-electron chi connectivity index (χ0n) is 13.6. The Kier molecular flexibility index (Phi) is 6.28. The van der Waals surface area contributed by atoms with E-state index in [4.69, 9.17) is 21.1 Å². The third-order valence-corrected chi connectivity index (χ3v) is 5.18. The maximum atomic E-state index is 11.3. The molecule has 1 heterocycles. The predicted molar refractivity (Wildman–Crippen MR) is 94.8 cm³/mol. The van der Waals surface area contributed by atoms with Crippen molar-refractivity contribution in [1.82, 2.24) is 5.01 Å². The normalized spacial score (nSPS) is 19.9. The molecule has 0 spiro atoms. The number of hydrogen-bond donors (Lipinski definition) is 0. The Morgan fingerprint density at radius 1 is 1.43 bits per heavy atom. The van der Waals surface area contributed by atoms with Crippen LogP contribution in [0, 0.1) is 4.91 Å². The molecule has 0 unspecified atom stereocenters. The minimum Gasteiger partial charge on any atom is -0.492 e. The summed E-state index contributed by atoms with van der Waals surface area (Å²) in [6.45, 7) is 5.22. The molecule has 1 aliphatic rings. The van der Waals surface area contributed by atoms with Crippen molar-refractivity contribution < 1.29 is 9.47 Å². The standard InChI is InChI=1S/C16H22BrClN2O3/c1-16(2)6-5-14(20(16)19-21)11-9-15(13(18)10-12(11)17)23-8-4-7-22-3/h9-10,14H,4-8H2,1-3H3/t14-/m0/s1. The molecule has 5 nitrogen and oxygen atoms in total. The molecule has 0 radical (unpaired) electrons. The highest BCUT2D eigenvalue weighted by atomic mass is 79.9. The summed E-state index contributed by atoms with van der Waals surface area (Å²) in [7, 11) is 1.66. The van der Waals surface area contributed by atoms with E-state index in [1.54, 1.807) is 12.1 Å². The van der Waals surface area contributed by atoms with Crippen molar-refractivity contribution in [3.63, 3.8) is 0 Å². The highest BCUT2D eigenvalue weighted by molar-refractivity contribution is 9.10. The van der Waals surface area contributed by atoms with E-state index >= 15 is 0 Å². The summed E-state index contributed by atoms with van der Waals surface area (Å²) < 4.78 is 11.6. The van der Waals surface area contributed by atoms with Crippen molar-refractivity contribution in [2.24, 2.45) is 5.29 Å². The Balaban J connectivity index is 2.23. The third kappa shape index (κ3) is 4.17. The van der Waals surface area contributed by atoms with Gasteiger partial charge in [-0.3, -0.25) is 0 Å². The fraction of sp³-hybridized carbons (Fsp3) is 0.625. The van der Waals surface area contributed by atoms with Gasteiger partial charge >= 0.3 is 0 Å². The first-order chi connectivity index (χ1) is 10.9. The number of benzene rings is 1. The first-order valence-corrected chi connectivity index (χ1v) is 8.81. The molecule has 23 heavy (non-hydrogen) atoms. The number of methoxy groups -OCH3 is 1. The molecule has 1 aromatic rings. The van der Waals surface area contributed by atoms with Gasteiger partial charge in [0.25, 0.3) is 0 Å². The Morgan fingerprint density at radius 2 is 2.17 bits per heavy atom. The van der Waals surface area contributed by atoms with Crippen molar-refractivity contribution in [3.8, 4) is 5.75 Å². The molecule has 1 atom stereocenters. The number of nitrogens with zero attached hydrogens (tertiary/aromatic N) is 2. The highest BCUT2D eigenvalue weighted by Gasteiger charge is 2.41. The predicted octanol–water partition coefficient (Wildman–Crippen LogP) is 5.11. The smallest absolute Gasteiger partial charge is 0.138 e. The second-order valence-electron chi connectivity index (χ2n) is 6.29. The lowest BCUT2D eigenvalue weighted by Crippen LogP contribution is -2.35. The monoisotopic (exact) mass is 404 g/mol. The van der Waals surface area contributed by atoms with Crippen LogP contribution in [0.1, 0.15) is 44.7 Å². The van der Waals surface area contributed by atoms with E-state index in [0.717, 1.165) is 29.3 Å². The van der Waals surface area contributed by atoms with Crippen LogP contribution in [0.4, 0.5) is 0 Å². The van der Waals surface area contributed by atoms with Gasteiger partial charge in [0.1, 0.15) is 5.75 Å². The molecule has 0 aliphatic carbocycles. The van der Waals surface area contributed by atoms with Crippen molar-refractivity contribution in [2.75, 3.05) is 20.3 Å². The molecule has 2 rings (SSSR count). The number of halogens is 2. The van der Waals surface area contributed by atoms with Crippen LogP contribution >= 0.6 is 27.5 Å². The van der Waals surface area contributed by atoms with Gasteiger partial charge < -0.3 is 9.47 Å². The number of ether oxygens (including phenoxy) is 2. The highest BCUT2D eigenvalue weighted by Crippen LogP contribution is 2.46. The lowest BCUT2D eigenvalue weighted by Gasteiger charge is -2.30. The molecule has 1 fully saturated rings. The van der Waals surface area contributed by atoms with Crippen LogP contribution in [0.5, 0.6) is 5.75 Å². The van der Waals surface area contributed by atoms with Gasteiger partial charge in [0, 0.05) is 24.6 Å². The molecule has 0 amide bonds. The zero-order valence-corrected chi connectivity index (χ0v) is 16.0. The second-order valence-corrected chi connectivity index (χ2v) is 7.55. The van der Waals surface area contributed by atoms with Crippen LogP contribution in [0.3, 0.4) is 0 Å². The molecule has 0 aromatic heterocycles. The van der Waals surface area contributed by atoms with Crippen LogP contribution in [-0.2, 0) is 4.74 Å². The molecule has 0 bridgehead atoms. The first kappa shape index (κ1) is 18.5. The summed E-state index contributed by atoms with van der Waals surface area (Å²) in [5, 5.41) is 5.43. The molecule has 7 heteroatoms. The summed E-state index contributed by atoms with van der Waals surface area (Å²) in [6, 6.07) is 3.65. The summed E-state index contributed by atoms with van der Waals surface area (Å²) >= 11 is 9.81. The van der Waals surface area contributed by atoms with E-state index in [1.165, 1.54) is 0 Å². The molecule has 128 valence electrons. The Bertz CT molecular complexity index is 569. The largest absolute Gasteiger partial charge is 0.492 e. The third-order valence-electron chi connectivity index (χ3n) is 4.19. The van der Waals surface area contributed by atoms with Crippen molar-refractivity contribution in [1.29, 1.82) is 0 Å². The molecule has 1 aliphatic heterocycles. The Labute approximate surface area is 150 Å². The summed E-state index contributed by atoms with van der Waals surface area (Å²) in [6.07, 6.45) is 2.56. The van der Waals surface area contributed by atoms with E-state index in [-0.39, 0.29) is 11.6 Å². The fourth-order valence-electron chi connectivity index (χ4n) is 2.90. The lowest BCUT2D eigenvalue weighted by molar-refractivity contribution is 0.131. The Hall–Kier alpha value is -0.850. The van der Waals surface area contributed by atoms with Gasteiger partial charge in [-0.05, 0) is 44.4 Å². The summed E-state index contributed by atoms with van der Waals surface area (Å²) in [4.78, 5) is 11.3. The van der Waals surface area contributed by atoms with Crippen molar-refractivity contribution in [2.45, 2.75) is 44.7 Å². The van der Waals surface area contributed by atoms with Crippen LogP contribution in [0.25, 0.3) is 0 Å². The quantitative estimate of drug-likeness (QED) is 0.467. The van der Waals surface area contributed by atoms with Crippen LogP contribution < -0.4 is 4.74 Å². The molecular formula is C16H22BrClN2O3. The van der Waals surface area contributed by atoms with Crippen LogP contribution in [0.15, 0.2) is 21.9 Å². The molecule has 1 saturated heterocycles. The summed E-state index contributed by atoms with van der Waals surface area (Å²) in [5.74, 6) is 0.622. The average molecular weight is 406 g/mol. The minimum atomic E-state index is -0.245. The topological polar surface area (TPSA) is 51.1 Å². The van der Waals surface area contributed by atoms with Gasteiger partial charge in [0.05, 0.1) is 28.5 Å². The molecule has 1 aromatic carbocycles.